The van der Waals surface area contributed by atoms with Crippen molar-refractivity contribution < 1.29 is 14.6 Å². The lowest BCUT2D eigenvalue weighted by molar-refractivity contribution is -0.131. The average molecular weight is 269 g/mol. The van der Waals surface area contributed by atoms with Crippen LogP contribution in [0.25, 0.3) is 6.08 Å². The molecule has 2 rings (SSSR count). The minimum atomic E-state index is -0.977. The number of nitrogens with zero attached hydrogens (tertiary/aromatic N) is 1. The molecule has 0 atom stereocenters. The zero-order valence-electron chi connectivity index (χ0n) is 10.9. The van der Waals surface area contributed by atoms with Crippen LogP contribution in [0.3, 0.4) is 0 Å². The molecule has 20 heavy (non-hydrogen) atoms. The summed E-state index contributed by atoms with van der Waals surface area (Å²) in [6.45, 7) is 0.517. The fourth-order valence-electron chi connectivity index (χ4n) is 1.74. The fourth-order valence-corrected chi connectivity index (χ4v) is 1.74. The number of hydrogen-bond donors (Lipinski definition) is 1. The van der Waals surface area contributed by atoms with Gasteiger partial charge in [-0.2, -0.15) is 0 Å². The number of benzene rings is 1. The topological polar surface area (TPSA) is 59.4 Å². The van der Waals surface area contributed by atoms with E-state index in [0.29, 0.717) is 12.4 Å². The largest absolute Gasteiger partial charge is 0.493 e. The van der Waals surface area contributed by atoms with Crippen LogP contribution < -0.4 is 4.74 Å². The summed E-state index contributed by atoms with van der Waals surface area (Å²) in [5, 5.41) is 8.66. The van der Waals surface area contributed by atoms with Gasteiger partial charge in [-0.25, -0.2) is 4.79 Å². The number of carboxylic acid groups (broad SMARTS) is 1. The molecule has 1 N–H and O–H groups in total. The molecule has 0 radical (unpaired) electrons. The standard InChI is InChI=1S/C16H15NO3/c18-16(19)8-7-14-5-1-2-6-15(14)20-11-9-13-4-3-10-17-12-13/h1-8,10,12H,9,11H2,(H,18,19). The van der Waals surface area contributed by atoms with Crippen LogP contribution in [0, 0.1) is 0 Å². The molecule has 4 nitrogen and oxygen atoms in total. The Labute approximate surface area is 117 Å². The molecule has 1 aromatic carbocycles. The molecule has 0 saturated heterocycles. The van der Waals surface area contributed by atoms with E-state index in [4.69, 9.17) is 9.84 Å². The van der Waals surface area contributed by atoms with Gasteiger partial charge in [0.1, 0.15) is 5.75 Å². The molecule has 0 amide bonds. The predicted molar refractivity (Wildman–Crippen MR) is 76.5 cm³/mol. The quantitative estimate of drug-likeness (QED) is 0.819. The van der Waals surface area contributed by atoms with E-state index in [-0.39, 0.29) is 0 Å². The molecule has 0 saturated carbocycles. The van der Waals surface area contributed by atoms with Gasteiger partial charge in [0, 0.05) is 30.5 Å². The monoisotopic (exact) mass is 269 g/mol. The number of pyridine rings is 1. The molecule has 0 fully saturated rings. The smallest absolute Gasteiger partial charge is 0.328 e. The van der Waals surface area contributed by atoms with E-state index in [0.717, 1.165) is 23.6 Å². The molecule has 0 spiro atoms. The number of rotatable bonds is 6. The van der Waals surface area contributed by atoms with Gasteiger partial charge in [0.05, 0.1) is 6.61 Å². The molecule has 0 unspecified atom stereocenters. The maximum atomic E-state index is 10.5. The third kappa shape index (κ3) is 4.24. The molecule has 2 aromatic rings. The molecule has 1 aromatic heterocycles. The van der Waals surface area contributed by atoms with E-state index in [9.17, 15) is 4.79 Å². The molecule has 0 bridgehead atoms. The lowest BCUT2D eigenvalue weighted by Gasteiger charge is -2.08. The van der Waals surface area contributed by atoms with Crippen molar-refractivity contribution in [1.82, 2.24) is 4.98 Å². The zero-order valence-corrected chi connectivity index (χ0v) is 10.9. The Balaban J connectivity index is 1.97. The molecule has 1 heterocycles. The number of para-hydroxylation sites is 1. The minimum Gasteiger partial charge on any atom is -0.493 e. The first-order valence-corrected chi connectivity index (χ1v) is 6.27. The summed E-state index contributed by atoms with van der Waals surface area (Å²) in [6, 6.07) is 11.2. The summed E-state index contributed by atoms with van der Waals surface area (Å²) in [7, 11) is 0. The second-order valence-electron chi connectivity index (χ2n) is 4.17. The molecule has 0 aliphatic heterocycles. The first kappa shape index (κ1) is 13.8. The highest BCUT2D eigenvalue weighted by Crippen LogP contribution is 2.19. The maximum absolute atomic E-state index is 10.5. The van der Waals surface area contributed by atoms with Gasteiger partial charge < -0.3 is 9.84 Å². The Morgan fingerprint density at radius 1 is 1.25 bits per heavy atom. The fraction of sp³-hybridized carbons (Fsp3) is 0.125. The molecule has 0 aliphatic rings. The van der Waals surface area contributed by atoms with Crippen molar-refractivity contribution in [3.63, 3.8) is 0 Å². The van der Waals surface area contributed by atoms with Gasteiger partial charge in [0.15, 0.2) is 0 Å². The summed E-state index contributed by atoms with van der Waals surface area (Å²) in [6.07, 6.45) is 6.92. The van der Waals surface area contributed by atoms with Gasteiger partial charge in [-0.1, -0.05) is 24.3 Å². The van der Waals surface area contributed by atoms with E-state index in [2.05, 4.69) is 4.98 Å². The summed E-state index contributed by atoms with van der Waals surface area (Å²) in [5.74, 6) is -0.302. The summed E-state index contributed by atoms with van der Waals surface area (Å²) >= 11 is 0. The lowest BCUT2D eigenvalue weighted by Crippen LogP contribution is -2.02. The van der Waals surface area contributed by atoms with Crippen LogP contribution in [0.1, 0.15) is 11.1 Å². The first-order valence-electron chi connectivity index (χ1n) is 6.27. The maximum Gasteiger partial charge on any atom is 0.328 e. The van der Waals surface area contributed by atoms with Gasteiger partial charge in [0.25, 0.3) is 0 Å². The Morgan fingerprint density at radius 2 is 2.10 bits per heavy atom. The van der Waals surface area contributed by atoms with Crippen LogP contribution in [0.4, 0.5) is 0 Å². The van der Waals surface area contributed by atoms with Crippen molar-refractivity contribution in [3.05, 3.63) is 66.0 Å². The SMILES string of the molecule is O=C(O)C=Cc1ccccc1OCCc1cccnc1. The van der Waals surface area contributed by atoms with Crippen molar-refractivity contribution in [3.8, 4) is 5.75 Å². The van der Waals surface area contributed by atoms with Gasteiger partial charge in [0.2, 0.25) is 0 Å². The summed E-state index contributed by atoms with van der Waals surface area (Å²) < 4.78 is 5.70. The van der Waals surface area contributed by atoms with Gasteiger partial charge >= 0.3 is 5.97 Å². The van der Waals surface area contributed by atoms with Crippen molar-refractivity contribution in [1.29, 1.82) is 0 Å². The van der Waals surface area contributed by atoms with Crippen LogP contribution in [0.5, 0.6) is 5.75 Å². The van der Waals surface area contributed by atoms with Crippen LogP contribution in [0.15, 0.2) is 54.9 Å². The first-order chi connectivity index (χ1) is 9.75. The predicted octanol–water partition coefficient (Wildman–Crippen LogP) is 2.80. The molecule has 102 valence electrons. The Kier molecular flexibility index (Phi) is 4.89. The summed E-state index contributed by atoms with van der Waals surface area (Å²) in [4.78, 5) is 14.6. The Bertz CT molecular complexity index is 594. The van der Waals surface area contributed by atoms with Crippen LogP contribution in [-0.4, -0.2) is 22.7 Å². The number of carbonyl (C=O) groups is 1. The van der Waals surface area contributed by atoms with Crippen molar-refractivity contribution in [2.75, 3.05) is 6.61 Å². The van der Waals surface area contributed by atoms with Crippen LogP contribution in [-0.2, 0) is 11.2 Å². The number of hydrogen-bond acceptors (Lipinski definition) is 3. The van der Waals surface area contributed by atoms with Crippen molar-refractivity contribution in [2.24, 2.45) is 0 Å². The van der Waals surface area contributed by atoms with Gasteiger partial charge in [-0.15, -0.1) is 0 Å². The lowest BCUT2D eigenvalue weighted by atomic mass is 10.2. The van der Waals surface area contributed by atoms with Crippen LogP contribution in [0.2, 0.25) is 0 Å². The molecular weight excluding hydrogens is 254 g/mol. The third-order valence-electron chi connectivity index (χ3n) is 2.70. The van der Waals surface area contributed by atoms with E-state index < -0.39 is 5.97 Å². The third-order valence-corrected chi connectivity index (χ3v) is 2.70. The van der Waals surface area contributed by atoms with Crippen molar-refractivity contribution >= 4 is 12.0 Å². The second kappa shape index (κ2) is 7.09. The number of carboxylic acids is 1. The second-order valence-corrected chi connectivity index (χ2v) is 4.17. The van der Waals surface area contributed by atoms with E-state index in [1.807, 2.05) is 36.4 Å². The number of aromatic nitrogens is 1. The van der Waals surface area contributed by atoms with Crippen LogP contribution >= 0.6 is 0 Å². The van der Waals surface area contributed by atoms with Crippen molar-refractivity contribution in [2.45, 2.75) is 6.42 Å². The zero-order chi connectivity index (χ0) is 14.2. The van der Waals surface area contributed by atoms with E-state index >= 15 is 0 Å². The van der Waals surface area contributed by atoms with E-state index in [1.165, 1.54) is 6.08 Å². The van der Waals surface area contributed by atoms with E-state index in [1.54, 1.807) is 12.4 Å². The number of ether oxygens (including phenoxy) is 1. The number of aliphatic carboxylic acids is 1. The summed E-state index contributed by atoms with van der Waals surface area (Å²) in [5.41, 5.74) is 1.85. The average Bonchev–Trinajstić information content (AvgIpc) is 2.47. The Hall–Kier alpha value is -2.62. The van der Waals surface area contributed by atoms with Gasteiger partial charge in [-0.3, -0.25) is 4.98 Å². The minimum absolute atomic E-state index is 0.517. The molecule has 4 heteroatoms. The normalized spacial score (nSPS) is 10.6. The highest BCUT2D eigenvalue weighted by atomic mass is 16.5. The highest BCUT2D eigenvalue weighted by Gasteiger charge is 2.01. The molecule has 0 aliphatic carbocycles. The highest BCUT2D eigenvalue weighted by molar-refractivity contribution is 5.85. The molecular formula is C16H15NO3. The Morgan fingerprint density at radius 3 is 2.85 bits per heavy atom. The van der Waals surface area contributed by atoms with Gasteiger partial charge in [-0.05, 0) is 23.8 Å².